The van der Waals surface area contributed by atoms with Crippen LogP contribution in [-0.2, 0) is 0 Å². The van der Waals surface area contributed by atoms with Crippen LogP contribution in [0.15, 0.2) is 41.9 Å². The molecule has 0 aliphatic heterocycles. The zero-order valence-corrected chi connectivity index (χ0v) is 12.3. The van der Waals surface area contributed by atoms with Gasteiger partial charge in [0.15, 0.2) is 5.65 Å². The third-order valence-electron chi connectivity index (χ3n) is 3.13. The van der Waals surface area contributed by atoms with Crippen LogP contribution >= 0.6 is 11.8 Å². The van der Waals surface area contributed by atoms with Gasteiger partial charge in [-0.15, -0.1) is 11.8 Å². The number of rotatable bonds is 5. The second kappa shape index (κ2) is 6.11. The Morgan fingerprint density at radius 1 is 1.29 bits per heavy atom. The van der Waals surface area contributed by atoms with Crippen LogP contribution in [0.4, 0.5) is 0 Å². The molecule has 0 amide bonds. The highest BCUT2D eigenvalue weighted by Gasteiger charge is 2.14. The number of methoxy groups -OCH3 is 1. The van der Waals surface area contributed by atoms with E-state index in [9.17, 15) is 0 Å². The number of thioether (sulfide) groups is 1. The second-order valence-corrected chi connectivity index (χ2v) is 5.45. The van der Waals surface area contributed by atoms with Crippen molar-refractivity contribution in [3.05, 3.63) is 42.5 Å². The van der Waals surface area contributed by atoms with E-state index in [0.29, 0.717) is 11.4 Å². The number of H-pyrrole nitrogens is 1. The fraction of sp³-hybridized carbons (Fsp3) is 0.214. The number of hydrogen-bond acceptors (Lipinski definition) is 6. The Morgan fingerprint density at radius 2 is 2.14 bits per heavy atom. The average molecular weight is 301 g/mol. The van der Waals surface area contributed by atoms with Gasteiger partial charge in [-0.25, -0.2) is 15.0 Å². The Kier molecular flexibility index (Phi) is 4.03. The fourth-order valence-corrected chi connectivity index (χ4v) is 3.02. The van der Waals surface area contributed by atoms with E-state index in [2.05, 4.69) is 19.9 Å². The number of para-hydroxylation sites is 1. The molecular formula is C14H15N5OS. The zero-order valence-electron chi connectivity index (χ0n) is 11.5. The number of fused-ring (bicyclic) bond motifs is 1. The number of benzene rings is 1. The minimum Gasteiger partial charge on any atom is -0.496 e. The lowest BCUT2D eigenvalue weighted by Gasteiger charge is -2.15. The zero-order chi connectivity index (χ0) is 14.7. The molecule has 0 fully saturated rings. The molecule has 3 N–H and O–H groups in total. The summed E-state index contributed by atoms with van der Waals surface area (Å²) in [5.74, 6) is 1.49. The fourth-order valence-electron chi connectivity index (χ4n) is 2.08. The topological polar surface area (TPSA) is 89.7 Å². The lowest BCUT2D eigenvalue weighted by Crippen LogP contribution is -2.14. The minimum atomic E-state index is -0.140. The number of nitrogens with two attached hydrogens (primary N) is 1. The van der Waals surface area contributed by atoms with Crippen molar-refractivity contribution < 1.29 is 4.74 Å². The van der Waals surface area contributed by atoms with Gasteiger partial charge in [-0.1, -0.05) is 18.2 Å². The quantitative estimate of drug-likeness (QED) is 0.554. The van der Waals surface area contributed by atoms with Crippen LogP contribution in [-0.4, -0.2) is 32.8 Å². The average Bonchev–Trinajstić information content (AvgIpc) is 3.01. The van der Waals surface area contributed by atoms with Crippen LogP contribution in [0.2, 0.25) is 0 Å². The summed E-state index contributed by atoms with van der Waals surface area (Å²) in [4.78, 5) is 15.6. The van der Waals surface area contributed by atoms with Crippen molar-refractivity contribution in [3.63, 3.8) is 0 Å². The maximum Gasteiger partial charge on any atom is 0.181 e. The first-order valence-corrected chi connectivity index (χ1v) is 7.43. The smallest absolute Gasteiger partial charge is 0.181 e. The molecule has 7 heteroatoms. The Balaban J connectivity index is 1.77. The predicted molar refractivity (Wildman–Crippen MR) is 82.3 cm³/mol. The van der Waals surface area contributed by atoms with E-state index < -0.39 is 0 Å². The van der Waals surface area contributed by atoms with Gasteiger partial charge in [0.05, 0.1) is 13.4 Å². The predicted octanol–water partition coefficient (Wildman–Crippen LogP) is 2.15. The monoisotopic (exact) mass is 301 g/mol. The van der Waals surface area contributed by atoms with E-state index in [4.69, 9.17) is 10.5 Å². The van der Waals surface area contributed by atoms with Crippen LogP contribution < -0.4 is 10.5 Å². The molecule has 2 aromatic heterocycles. The van der Waals surface area contributed by atoms with E-state index in [1.165, 1.54) is 6.33 Å². The summed E-state index contributed by atoms with van der Waals surface area (Å²) in [6.45, 7) is 0. The van der Waals surface area contributed by atoms with Crippen molar-refractivity contribution in [2.24, 2.45) is 5.73 Å². The van der Waals surface area contributed by atoms with Gasteiger partial charge in [-0.2, -0.15) is 0 Å². The molecule has 1 unspecified atom stereocenters. The van der Waals surface area contributed by atoms with E-state index in [1.807, 2.05) is 24.3 Å². The van der Waals surface area contributed by atoms with Crippen molar-refractivity contribution in [1.82, 2.24) is 19.9 Å². The minimum absolute atomic E-state index is 0.140. The van der Waals surface area contributed by atoms with Crippen molar-refractivity contribution in [2.45, 2.75) is 11.1 Å². The van der Waals surface area contributed by atoms with Crippen LogP contribution in [0.1, 0.15) is 11.6 Å². The van der Waals surface area contributed by atoms with Gasteiger partial charge < -0.3 is 15.5 Å². The number of nitrogens with one attached hydrogen (secondary N) is 1. The van der Waals surface area contributed by atoms with E-state index in [0.717, 1.165) is 21.9 Å². The SMILES string of the molecule is COc1ccccc1C(N)CSc1ncnc2nc[nH]c12. The summed E-state index contributed by atoms with van der Waals surface area (Å²) in [6.07, 6.45) is 3.13. The third-order valence-corrected chi connectivity index (χ3v) is 4.23. The van der Waals surface area contributed by atoms with Gasteiger partial charge in [-0.05, 0) is 6.07 Å². The first-order valence-electron chi connectivity index (χ1n) is 6.45. The van der Waals surface area contributed by atoms with Gasteiger partial charge in [0.1, 0.15) is 22.6 Å². The number of nitrogens with zero attached hydrogens (tertiary/aromatic N) is 3. The summed E-state index contributed by atoms with van der Waals surface area (Å²) < 4.78 is 5.35. The highest BCUT2D eigenvalue weighted by atomic mass is 32.2. The largest absolute Gasteiger partial charge is 0.496 e. The lowest BCUT2D eigenvalue weighted by atomic mass is 10.1. The van der Waals surface area contributed by atoms with E-state index in [-0.39, 0.29) is 6.04 Å². The second-order valence-electron chi connectivity index (χ2n) is 4.44. The van der Waals surface area contributed by atoms with Gasteiger partial charge in [0.2, 0.25) is 0 Å². The van der Waals surface area contributed by atoms with Crippen LogP contribution in [0.5, 0.6) is 5.75 Å². The van der Waals surface area contributed by atoms with Crippen molar-refractivity contribution in [1.29, 1.82) is 0 Å². The molecule has 6 nitrogen and oxygen atoms in total. The molecule has 0 saturated heterocycles. The maximum absolute atomic E-state index is 6.27. The number of hydrogen-bond donors (Lipinski definition) is 2. The molecule has 0 aliphatic carbocycles. The van der Waals surface area contributed by atoms with Crippen LogP contribution in [0, 0.1) is 0 Å². The van der Waals surface area contributed by atoms with E-state index in [1.54, 1.807) is 25.2 Å². The first kappa shape index (κ1) is 13.8. The van der Waals surface area contributed by atoms with Crippen LogP contribution in [0.25, 0.3) is 11.2 Å². The number of ether oxygens (including phenoxy) is 1. The lowest BCUT2D eigenvalue weighted by molar-refractivity contribution is 0.407. The summed E-state index contributed by atoms with van der Waals surface area (Å²) in [7, 11) is 1.65. The van der Waals surface area contributed by atoms with Crippen molar-refractivity contribution >= 4 is 22.9 Å². The number of aromatic amines is 1. The molecule has 0 saturated carbocycles. The molecule has 0 bridgehead atoms. The number of imidazole rings is 1. The molecule has 1 aromatic carbocycles. The van der Waals surface area contributed by atoms with Gasteiger partial charge >= 0.3 is 0 Å². The molecule has 0 spiro atoms. The van der Waals surface area contributed by atoms with Gasteiger partial charge in [-0.3, -0.25) is 0 Å². The number of aromatic nitrogens is 4. The van der Waals surface area contributed by atoms with Gasteiger partial charge in [0.25, 0.3) is 0 Å². The first-order chi connectivity index (χ1) is 10.3. The van der Waals surface area contributed by atoms with Crippen molar-refractivity contribution in [3.8, 4) is 5.75 Å². The highest BCUT2D eigenvalue weighted by molar-refractivity contribution is 7.99. The Labute approximate surface area is 126 Å². The summed E-state index contributed by atoms with van der Waals surface area (Å²) in [5, 5.41) is 0.850. The summed E-state index contributed by atoms with van der Waals surface area (Å²) >= 11 is 1.57. The molecule has 21 heavy (non-hydrogen) atoms. The molecule has 2 heterocycles. The molecule has 3 aromatic rings. The molecule has 0 radical (unpaired) electrons. The summed E-state index contributed by atoms with van der Waals surface area (Å²) in [5.41, 5.74) is 8.76. The summed E-state index contributed by atoms with van der Waals surface area (Å²) in [6, 6.07) is 7.65. The molecule has 108 valence electrons. The normalized spacial score (nSPS) is 12.5. The third kappa shape index (κ3) is 2.84. The highest BCUT2D eigenvalue weighted by Crippen LogP contribution is 2.29. The molecule has 0 aliphatic rings. The molecule has 3 rings (SSSR count). The maximum atomic E-state index is 6.27. The molecule has 1 atom stereocenters. The Morgan fingerprint density at radius 3 is 3.00 bits per heavy atom. The van der Waals surface area contributed by atoms with E-state index >= 15 is 0 Å². The molecular weight excluding hydrogens is 286 g/mol. The van der Waals surface area contributed by atoms with Crippen molar-refractivity contribution in [2.75, 3.05) is 12.9 Å². The Hall–Kier alpha value is -2.12. The van der Waals surface area contributed by atoms with Crippen LogP contribution in [0.3, 0.4) is 0 Å². The standard InChI is InChI=1S/C14H15N5OS/c1-20-11-5-3-2-4-9(11)10(15)6-21-14-12-13(17-7-16-12)18-8-19-14/h2-5,7-8,10H,6,15H2,1H3,(H,16,17,18,19). The Bertz CT molecular complexity index is 745. The van der Waals surface area contributed by atoms with Gasteiger partial charge in [0, 0.05) is 17.4 Å².